The van der Waals surface area contributed by atoms with E-state index in [0.29, 0.717) is 0 Å². The number of halogens is 1. The summed E-state index contributed by atoms with van der Waals surface area (Å²) in [5.41, 5.74) is 2.31. The summed E-state index contributed by atoms with van der Waals surface area (Å²) in [6.45, 7) is 0.107. The topological polar surface area (TPSA) is 20.2 Å². The molecule has 1 unspecified atom stereocenters. The van der Waals surface area contributed by atoms with Crippen LogP contribution in [0.4, 0.5) is 4.39 Å². The van der Waals surface area contributed by atoms with E-state index in [1.807, 2.05) is 0 Å². The number of thiophene rings is 1. The first-order chi connectivity index (χ1) is 8.29. The summed E-state index contributed by atoms with van der Waals surface area (Å²) in [4.78, 5) is 0. The van der Waals surface area contributed by atoms with Crippen LogP contribution in [0.15, 0.2) is 41.1 Å². The van der Waals surface area contributed by atoms with Crippen molar-refractivity contribution in [2.24, 2.45) is 0 Å². The Bertz CT molecular complexity index is 436. The molecule has 1 nitrogen and oxygen atoms in total. The Morgan fingerprint density at radius 1 is 1.18 bits per heavy atom. The van der Waals surface area contributed by atoms with Crippen LogP contribution in [-0.4, -0.2) is 11.7 Å². The highest BCUT2D eigenvalue weighted by Crippen LogP contribution is 2.22. The molecule has 0 aliphatic heterocycles. The van der Waals surface area contributed by atoms with E-state index < -0.39 is 0 Å². The lowest BCUT2D eigenvalue weighted by Crippen LogP contribution is -2.05. The van der Waals surface area contributed by atoms with Crippen molar-refractivity contribution in [2.45, 2.75) is 18.8 Å². The van der Waals surface area contributed by atoms with E-state index in [2.05, 4.69) is 16.8 Å². The van der Waals surface area contributed by atoms with E-state index in [-0.39, 0.29) is 18.3 Å². The van der Waals surface area contributed by atoms with Crippen molar-refractivity contribution in [3.05, 3.63) is 58.0 Å². The van der Waals surface area contributed by atoms with Crippen LogP contribution in [0.3, 0.4) is 0 Å². The van der Waals surface area contributed by atoms with E-state index in [1.54, 1.807) is 23.5 Å². The molecule has 0 bridgehead atoms. The molecule has 1 heterocycles. The highest BCUT2D eigenvalue weighted by atomic mass is 32.1. The van der Waals surface area contributed by atoms with Crippen molar-refractivity contribution in [1.29, 1.82) is 0 Å². The highest BCUT2D eigenvalue weighted by Gasteiger charge is 2.10. The lowest BCUT2D eigenvalue weighted by Gasteiger charge is -2.14. The Hall–Kier alpha value is -1.19. The fourth-order valence-corrected chi connectivity index (χ4v) is 2.58. The first-order valence-electron chi connectivity index (χ1n) is 5.67. The van der Waals surface area contributed by atoms with Crippen molar-refractivity contribution < 1.29 is 9.50 Å². The largest absolute Gasteiger partial charge is 0.396 e. The molecular weight excluding hydrogens is 235 g/mol. The van der Waals surface area contributed by atoms with Gasteiger partial charge in [0.05, 0.1) is 0 Å². The summed E-state index contributed by atoms with van der Waals surface area (Å²) >= 11 is 1.68. The van der Waals surface area contributed by atoms with Gasteiger partial charge in [0, 0.05) is 12.5 Å². The van der Waals surface area contributed by atoms with Crippen LogP contribution in [0.1, 0.15) is 23.5 Å². The molecule has 0 saturated heterocycles. The van der Waals surface area contributed by atoms with Gasteiger partial charge in [-0.3, -0.25) is 0 Å². The number of aryl methyl sites for hydroxylation is 1. The average Bonchev–Trinajstić information content (AvgIpc) is 2.85. The number of hydrogen-bond donors (Lipinski definition) is 1. The van der Waals surface area contributed by atoms with E-state index in [0.717, 1.165) is 18.4 Å². The third kappa shape index (κ3) is 3.38. The Morgan fingerprint density at radius 3 is 2.53 bits per heavy atom. The minimum Gasteiger partial charge on any atom is -0.396 e. The number of hydrogen-bond acceptors (Lipinski definition) is 2. The van der Waals surface area contributed by atoms with Crippen molar-refractivity contribution in [1.82, 2.24) is 0 Å². The number of aliphatic hydroxyl groups is 1. The maximum atomic E-state index is 12.8. The number of rotatable bonds is 5. The average molecular weight is 250 g/mol. The predicted molar refractivity (Wildman–Crippen MR) is 68.9 cm³/mol. The first-order valence-corrected chi connectivity index (χ1v) is 6.61. The van der Waals surface area contributed by atoms with Gasteiger partial charge in [-0.25, -0.2) is 4.39 Å². The molecule has 3 heteroatoms. The zero-order chi connectivity index (χ0) is 12.1. The maximum Gasteiger partial charge on any atom is 0.123 e. The maximum absolute atomic E-state index is 12.8. The van der Waals surface area contributed by atoms with Crippen molar-refractivity contribution in [3.63, 3.8) is 0 Å². The zero-order valence-electron chi connectivity index (χ0n) is 9.47. The highest BCUT2D eigenvalue weighted by molar-refractivity contribution is 7.07. The summed E-state index contributed by atoms with van der Waals surface area (Å²) in [5.74, 6) is -0.140. The molecule has 17 heavy (non-hydrogen) atoms. The van der Waals surface area contributed by atoms with Gasteiger partial charge in [0.25, 0.3) is 0 Å². The predicted octanol–water partition coefficient (Wildman–Crippen LogP) is 3.60. The van der Waals surface area contributed by atoms with Crippen molar-refractivity contribution >= 4 is 11.3 Å². The zero-order valence-corrected chi connectivity index (χ0v) is 10.3. The Labute approximate surface area is 105 Å². The Balaban J connectivity index is 1.99. The van der Waals surface area contributed by atoms with Gasteiger partial charge >= 0.3 is 0 Å². The second kappa shape index (κ2) is 5.94. The van der Waals surface area contributed by atoms with Gasteiger partial charge in [-0.05, 0) is 52.9 Å². The Morgan fingerprint density at radius 2 is 1.94 bits per heavy atom. The normalized spacial score (nSPS) is 12.6. The first kappa shape index (κ1) is 12.3. The van der Waals surface area contributed by atoms with Crippen LogP contribution in [0, 0.1) is 5.82 Å². The quantitative estimate of drug-likeness (QED) is 0.859. The van der Waals surface area contributed by atoms with Gasteiger partial charge < -0.3 is 5.11 Å². The van der Waals surface area contributed by atoms with Gasteiger partial charge in [0.1, 0.15) is 5.82 Å². The fraction of sp³-hybridized carbons (Fsp3) is 0.286. The second-order valence-electron chi connectivity index (χ2n) is 4.10. The second-order valence-corrected chi connectivity index (χ2v) is 4.88. The molecular formula is C14H15FOS. The fourth-order valence-electron chi connectivity index (χ4n) is 1.87. The van der Waals surface area contributed by atoms with E-state index in [9.17, 15) is 9.50 Å². The third-order valence-electron chi connectivity index (χ3n) is 2.92. The van der Waals surface area contributed by atoms with Crippen LogP contribution in [0.25, 0.3) is 0 Å². The third-order valence-corrected chi connectivity index (χ3v) is 3.66. The molecule has 1 aromatic carbocycles. The van der Waals surface area contributed by atoms with Crippen LogP contribution in [0.5, 0.6) is 0 Å². The molecule has 0 spiro atoms. The molecule has 0 saturated carbocycles. The van der Waals surface area contributed by atoms with Gasteiger partial charge in [-0.1, -0.05) is 12.1 Å². The summed E-state index contributed by atoms with van der Waals surface area (Å²) in [5, 5.41) is 13.6. The molecule has 2 aromatic rings. The van der Waals surface area contributed by atoms with Crippen molar-refractivity contribution in [2.75, 3.05) is 6.61 Å². The lowest BCUT2D eigenvalue weighted by molar-refractivity contribution is 0.259. The minimum atomic E-state index is -0.233. The number of aliphatic hydroxyl groups excluding tert-OH is 1. The Kier molecular flexibility index (Phi) is 4.29. The lowest BCUT2D eigenvalue weighted by atomic mass is 9.94. The monoisotopic (exact) mass is 250 g/mol. The molecule has 2 rings (SSSR count). The van der Waals surface area contributed by atoms with E-state index in [1.165, 1.54) is 17.7 Å². The standard InChI is InChI=1S/C14H15FOS/c15-14-5-3-12(4-6-14)13(9-16)2-1-11-7-8-17-10-11/h3-8,10,13,16H,1-2,9H2. The minimum absolute atomic E-state index is 0.0931. The van der Waals surface area contributed by atoms with Crippen molar-refractivity contribution in [3.8, 4) is 0 Å². The van der Waals surface area contributed by atoms with Gasteiger partial charge in [0.2, 0.25) is 0 Å². The summed E-state index contributed by atoms with van der Waals surface area (Å²) in [6, 6.07) is 8.50. The molecule has 0 radical (unpaired) electrons. The molecule has 0 fully saturated rings. The van der Waals surface area contributed by atoms with Gasteiger partial charge in [0.15, 0.2) is 0 Å². The molecule has 1 aromatic heterocycles. The molecule has 1 N–H and O–H groups in total. The molecule has 90 valence electrons. The summed E-state index contributed by atoms with van der Waals surface area (Å²) in [7, 11) is 0. The molecule has 0 aliphatic rings. The molecule has 0 amide bonds. The SMILES string of the molecule is OCC(CCc1ccsc1)c1ccc(F)cc1. The van der Waals surface area contributed by atoms with Crippen LogP contribution in [-0.2, 0) is 6.42 Å². The summed E-state index contributed by atoms with van der Waals surface area (Å²) < 4.78 is 12.8. The van der Waals surface area contributed by atoms with Crippen LogP contribution < -0.4 is 0 Å². The van der Waals surface area contributed by atoms with E-state index >= 15 is 0 Å². The van der Waals surface area contributed by atoms with E-state index in [4.69, 9.17) is 0 Å². The smallest absolute Gasteiger partial charge is 0.123 e. The van der Waals surface area contributed by atoms with Crippen LogP contribution in [0.2, 0.25) is 0 Å². The summed E-state index contributed by atoms with van der Waals surface area (Å²) in [6.07, 6.45) is 1.84. The molecule has 0 aliphatic carbocycles. The molecule has 1 atom stereocenters. The van der Waals surface area contributed by atoms with Gasteiger partial charge in [-0.15, -0.1) is 0 Å². The van der Waals surface area contributed by atoms with Crippen LogP contribution >= 0.6 is 11.3 Å². The number of benzene rings is 1. The van der Waals surface area contributed by atoms with Gasteiger partial charge in [-0.2, -0.15) is 11.3 Å².